The highest BCUT2D eigenvalue weighted by molar-refractivity contribution is 5.73. The first kappa shape index (κ1) is 32.2. The molecule has 3 aromatic rings. The fourth-order valence-corrected chi connectivity index (χ4v) is 6.65. The van der Waals surface area contributed by atoms with Crippen molar-refractivity contribution in [2.45, 2.75) is 72.2 Å². The van der Waals surface area contributed by atoms with Crippen molar-refractivity contribution < 1.29 is 9.84 Å². The zero-order valence-electron chi connectivity index (χ0n) is 27.2. The van der Waals surface area contributed by atoms with Crippen LogP contribution in [0, 0.1) is 13.8 Å². The third kappa shape index (κ3) is 7.34. The van der Waals surface area contributed by atoms with E-state index in [1.54, 1.807) is 0 Å². The zero-order valence-corrected chi connectivity index (χ0v) is 27.2. The smallest absolute Gasteiger partial charge is 0.252 e. The average Bonchev–Trinajstić information content (AvgIpc) is 3.03. The summed E-state index contributed by atoms with van der Waals surface area (Å²) >= 11 is 0. The third-order valence-electron chi connectivity index (χ3n) is 9.26. The summed E-state index contributed by atoms with van der Waals surface area (Å²) in [6.45, 7) is 15.0. The van der Waals surface area contributed by atoms with Crippen LogP contribution in [0.3, 0.4) is 0 Å². The lowest BCUT2D eigenvalue weighted by Gasteiger charge is -2.37. The lowest BCUT2D eigenvalue weighted by atomic mass is 9.95. The van der Waals surface area contributed by atoms with Crippen molar-refractivity contribution in [3.8, 4) is 11.1 Å². The van der Waals surface area contributed by atoms with E-state index in [4.69, 9.17) is 9.72 Å². The van der Waals surface area contributed by atoms with E-state index in [9.17, 15) is 9.90 Å². The van der Waals surface area contributed by atoms with Crippen LogP contribution >= 0.6 is 0 Å². The average molecular weight is 603 g/mol. The molecule has 238 valence electrons. The topological polar surface area (TPSA) is 97.0 Å². The molecule has 1 aromatic carbocycles. The predicted molar refractivity (Wildman–Crippen MR) is 179 cm³/mol. The number of H-pyrrole nitrogens is 1. The van der Waals surface area contributed by atoms with Crippen LogP contribution in [-0.4, -0.2) is 79.0 Å². The molecule has 9 nitrogen and oxygen atoms in total. The van der Waals surface area contributed by atoms with E-state index in [1.165, 1.54) is 0 Å². The first-order chi connectivity index (χ1) is 21.3. The van der Waals surface area contributed by atoms with Crippen LogP contribution in [0.15, 0.2) is 41.3 Å². The minimum atomic E-state index is -0.949. The Bertz CT molecular complexity index is 1440. The van der Waals surface area contributed by atoms with E-state index in [2.05, 4.69) is 77.1 Å². The Morgan fingerprint density at radius 3 is 2.50 bits per heavy atom. The third-order valence-corrected chi connectivity index (χ3v) is 9.26. The first-order valence-corrected chi connectivity index (χ1v) is 16.3. The molecule has 0 aliphatic carbocycles. The van der Waals surface area contributed by atoms with Gasteiger partial charge in [0.05, 0.1) is 0 Å². The van der Waals surface area contributed by atoms with Crippen LogP contribution in [0.5, 0.6) is 0 Å². The Kier molecular flexibility index (Phi) is 10.7. The Labute approximate surface area is 262 Å². The second-order valence-corrected chi connectivity index (χ2v) is 12.4. The number of aryl methyl sites for hydroxylation is 2. The van der Waals surface area contributed by atoms with E-state index >= 15 is 0 Å². The SMILES string of the molecule is CCCc1cc(C)[nH]c(=O)c1CNC(O)c1cc(-c2ccc(N3CCN(C)CC3)nc2)cc(N(CC)C2CCOCC2)c1C. The Morgan fingerprint density at radius 2 is 1.84 bits per heavy atom. The molecule has 1 atom stereocenters. The van der Waals surface area contributed by atoms with E-state index < -0.39 is 6.23 Å². The number of likely N-dealkylation sites (N-methyl/N-ethyl adjacent to an activating group) is 1. The summed E-state index contributed by atoms with van der Waals surface area (Å²) in [6.07, 6.45) is 4.74. The van der Waals surface area contributed by atoms with Gasteiger partial charge in [-0.3, -0.25) is 10.1 Å². The van der Waals surface area contributed by atoms with Crippen LogP contribution in [-0.2, 0) is 17.7 Å². The number of aromatic amines is 1. The van der Waals surface area contributed by atoms with Crippen LogP contribution in [0.25, 0.3) is 11.1 Å². The number of aliphatic hydroxyl groups excluding tert-OH is 1. The second kappa shape index (κ2) is 14.7. The largest absolute Gasteiger partial charge is 0.381 e. The molecule has 4 heterocycles. The maximum atomic E-state index is 12.9. The molecule has 0 bridgehead atoms. The normalized spacial score (nSPS) is 17.2. The van der Waals surface area contributed by atoms with Crippen molar-refractivity contribution in [1.29, 1.82) is 0 Å². The molecule has 0 radical (unpaired) electrons. The van der Waals surface area contributed by atoms with Crippen molar-refractivity contribution >= 4 is 11.5 Å². The van der Waals surface area contributed by atoms with Gasteiger partial charge in [0.1, 0.15) is 12.0 Å². The number of benzene rings is 1. The minimum Gasteiger partial charge on any atom is -0.381 e. The van der Waals surface area contributed by atoms with E-state index in [-0.39, 0.29) is 12.1 Å². The number of ether oxygens (including phenoxy) is 1. The lowest BCUT2D eigenvalue weighted by Crippen LogP contribution is -2.44. The van der Waals surface area contributed by atoms with Crippen LogP contribution in [0.2, 0.25) is 0 Å². The Hall–Kier alpha value is -3.24. The van der Waals surface area contributed by atoms with Gasteiger partial charge in [-0.2, -0.15) is 0 Å². The van der Waals surface area contributed by atoms with E-state index in [1.807, 2.05) is 19.2 Å². The maximum absolute atomic E-state index is 12.9. The monoisotopic (exact) mass is 602 g/mol. The number of hydrogen-bond donors (Lipinski definition) is 3. The molecule has 0 spiro atoms. The molecule has 2 aliphatic heterocycles. The van der Waals surface area contributed by atoms with Gasteiger partial charge < -0.3 is 29.5 Å². The van der Waals surface area contributed by atoms with Gasteiger partial charge in [0.25, 0.3) is 5.56 Å². The highest BCUT2D eigenvalue weighted by Crippen LogP contribution is 2.36. The lowest BCUT2D eigenvalue weighted by molar-refractivity contribution is 0.0846. The van der Waals surface area contributed by atoms with Crippen LogP contribution in [0.4, 0.5) is 11.5 Å². The number of pyridine rings is 2. The predicted octanol–water partition coefficient (Wildman–Crippen LogP) is 4.54. The summed E-state index contributed by atoms with van der Waals surface area (Å²) in [5.41, 5.74) is 7.48. The maximum Gasteiger partial charge on any atom is 0.252 e. The van der Waals surface area contributed by atoms with Crippen molar-refractivity contribution in [3.05, 3.63) is 74.8 Å². The summed E-state index contributed by atoms with van der Waals surface area (Å²) in [7, 11) is 2.16. The van der Waals surface area contributed by atoms with Crippen molar-refractivity contribution in [1.82, 2.24) is 20.2 Å². The summed E-state index contributed by atoms with van der Waals surface area (Å²) in [6, 6.07) is 11.0. The Balaban J connectivity index is 1.48. The number of piperazine rings is 1. The number of rotatable bonds is 11. The second-order valence-electron chi connectivity index (χ2n) is 12.4. The number of nitrogens with one attached hydrogen (secondary N) is 2. The van der Waals surface area contributed by atoms with Gasteiger partial charge in [-0.25, -0.2) is 4.98 Å². The van der Waals surface area contributed by atoms with Gasteiger partial charge in [-0.15, -0.1) is 0 Å². The van der Waals surface area contributed by atoms with E-state index in [0.717, 1.165) is 117 Å². The summed E-state index contributed by atoms with van der Waals surface area (Å²) in [5.74, 6) is 1.000. The number of aromatic nitrogens is 2. The number of anilines is 2. The van der Waals surface area contributed by atoms with Crippen molar-refractivity contribution in [2.24, 2.45) is 0 Å². The molecular formula is C35H50N6O3. The Morgan fingerprint density at radius 1 is 1.09 bits per heavy atom. The molecule has 3 N–H and O–H groups in total. The standard InChI is InChI=1S/C35H50N6O3/c1-6-8-26-19-24(3)38-35(43)31(26)23-37-34(42)30-20-28(21-32(25(30)4)41(7-2)29-11-17-44-18-12-29)27-9-10-33(36-22-27)40-15-13-39(5)14-16-40/h9-10,19-22,29,34,37,42H,6-8,11-18,23H2,1-5H3,(H,38,43). The molecule has 9 heteroatoms. The van der Waals surface area contributed by atoms with Gasteiger partial charge in [-0.05, 0) is 94.1 Å². The molecule has 0 saturated carbocycles. The van der Waals surface area contributed by atoms with Gasteiger partial charge in [0, 0.05) is 92.8 Å². The summed E-state index contributed by atoms with van der Waals surface area (Å²) < 4.78 is 5.68. The molecule has 1 unspecified atom stereocenters. The highest BCUT2D eigenvalue weighted by Gasteiger charge is 2.25. The molecule has 0 amide bonds. The number of hydrogen-bond acceptors (Lipinski definition) is 8. The first-order valence-electron chi connectivity index (χ1n) is 16.3. The van der Waals surface area contributed by atoms with Crippen molar-refractivity contribution in [2.75, 3.05) is 62.8 Å². The van der Waals surface area contributed by atoms with Gasteiger partial charge in [-0.1, -0.05) is 13.3 Å². The quantitative estimate of drug-likeness (QED) is 0.275. The fraction of sp³-hybridized carbons (Fsp3) is 0.543. The molecular weight excluding hydrogens is 552 g/mol. The molecule has 5 rings (SSSR count). The summed E-state index contributed by atoms with van der Waals surface area (Å²) in [5, 5.41) is 14.9. The minimum absolute atomic E-state index is 0.0949. The summed E-state index contributed by atoms with van der Waals surface area (Å²) in [4.78, 5) is 27.9. The van der Waals surface area contributed by atoms with E-state index in [0.29, 0.717) is 11.6 Å². The fourth-order valence-electron chi connectivity index (χ4n) is 6.65. The molecule has 2 aromatic heterocycles. The zero-order chi connectivity index (χ0) is 31.2. The molecule has 2 aliphatic rings. The van der Waals surface area contributed by atoms with Crippen LogP contribution in [0.1, 0.15) is 67.3 Å². The van der Waals surface area contributed by atoms with Gasteiger partial charge in [0.2, 0.25) is 0 Å². The molecule has 2 fully saturated rings. The molecule has 44 heavy (non-hydrogen) atoms. The number of nitrogens with zero attached hydrogens (tertiary/aromatic N) is 4. The van der Waals surface area contributed by atoms with Crippen molar-refractivity contribution in [3.63, 3.8) is 0 Å². The van der Waals surface area contributed by atoms with Gasteiger partial charge in [0.15, 0.2) is 0 Å². The van der Waals surface area contributed by atoms with Gasteiger partial charge >= 0.3 is 0 Å². The molecule has 2 saturated heterocycles. The van der Waals surface area contributed by atoms with Crippen LogP contribution < -0.4 is 20.7 Å². The number of aliphatic hydroxyl groups is 1. The highest BCUT2D eigenvalue weighted by atomic mass is 16.5.